The summed E-state index contributed by atoms with van der Waals surface area (Å²) in [6, 6.07) is 17.9. The number of carbonyl (C=O) groups excluding carboxylic acids is 1. The first-order chi connectivity index (χ1) is 15.8. The molecule has 0 aliphatic carbocycles. The van der Waals surface area contributed by atoms with Crippen LogP contribution in [0.5, 0.6) is 17.2 Å². The summed E-state index contributed by atoms with van der Waals surface area (Å²) in [5.74, 6) is 0.729. The van der Waals surface area contributed by atoms with Gasteiger partial charge in [-0.1, -0.05) is 17.7 Å². The van der Waals surface area contributed by atoms with Crippen molar-refractivity contribution in [3.63, 3.8) is 0 Å². The van der Waals surface area contributed by atoms with E-state index in [4.69, 9.17) is 14.2 Å². The molecule has 3 rings (SSSR count). The van der Waals surface area contributed by atoms with E-state index in [1.165, 1.54) is 39.5 Å². The van der Waals surface area contributed by atoms with Gasteiger partial charge < -0.3 is 19.5 Å². The van der Waals surface area contributed by atoms with Crippen molar-refractivity contribution in [2.45, 2.75) is 11.8 Å². The third-order valence-corrected chi connectivity index (χ3v) is 6.70. The van der Waals surface area contributed by atoms with E-state index in [1.807, 2.05) is 19.1 Å². The monoisotopic (exact) mass is 470 g/mol. The predicted molar refractivity (Wildman–Crippen MR) is 127 cm³/mol. The largest absolute Gasteiger partial charge is 0.497 e. The molecule has 0 fully saturated rings. The molecule has 0 heterocycles. The van der Waals surface area contributed by atoms with Crippen LogP contribution in [0.3, 0.4) is 0 Å². The van der Waals surface area contributed by atoms with Crippen molar-refractivity contribution in [2.24, 2.45) is 0 Å². The second kappa shape index (κ2) is 10.3. The van der Waals surface area contributed by atoms with E-state index < -0.39 is 22.5 Å². The third-order valence-electron chi connectivity index (χ3n) is 4.93. The van der Waals surface area contributed by atoms with Gasteiger partial charge in [-0.25, -0.2) is 8.42 Å². The van der Waals surface area contributed by atoms with Crippen LogP contribution in [0.15, 0.2) is 71.6 Å². The molecule has 1 N–H and O–H groups in total. The second-order valence-corrected chi connectivity index (χ2v) is 9.00. The maximum Gasteiger partial charge on any atom is 0.264 e. The molecule has 0 radical (unpaired) electrons. The SMILES string of the molecule is COc1ccc(N(CC(=O)Nc2ccc(C)cc2)S(=O)(=O)c2ccc(OC)c(OC)c2)cc1. The first kappa shape index (κ1) is 23.9. The summed E-state index contributed by atoms with van der Waals surface area (Å²) in [7, 11) is 0.271. The number of sulfonamides is 1. The molecular formula is C24H26N2O6S. The Hall–Kier alpha value is -3.72. The molecule has 33 heavy (non-hydrogen) atoms. The summed E-state index contributed by atoms with van der Waals surface area (Å²) in [5, 5.41) is 2.74. The van der Waals surface area contributed by atoms with Gasteiger partial charge in [-0.2, -0.15) is 0 Å². The highest BCUT2D eigenvalue weighted by molar-refractivity contribution is 7.92. The summed E-state index contributed by atoms with van der Waals surface area (Å²) in [5.41, 5.74) is 1.93. The van der Waals surface area contributed by atoms with Gasteiger partial charge in [0.25, 0.3) is 10.0 Å². The van der Waals surface area contributed by atoms with Crippen LogP contribution in [-0.2, 0) is 14.8 Å². The van der Waals surface area contributed by atoms with Crippen LogP contribution in [0.4, 0.5) is 11.4 Å². The van der Waals surface area contributed by atoms with E-state index in [9.17, 15) is 13.2 Å². The number of anilines is 2. The Morgan fingerprint density at radius 2 is 1.48 bits per heavy atom. The number of rotatable bonds is 9. The van der Waals surface area contributed by atoms with E-state index in [-0.39, 0.29) is 10.6 Å². The van der Waals surface area contributed by atoms with Crippen LogP contribution >= 0.6 is 0 Å². The van der Waals surface area contributed by atoms with Gasteiger partial charge in [-0.3, -0.25) is 9.10 Å². The van der Waals surface area contributed by atoms with Crippen molar-refractivity contribution in [1.29, 1.82) is 0 Å². The van der Waals surface area contributed by atoms with Crippen LogP contribution in [0.1, 0.15) is 5.56 Å². The maximum atomic E-state index is 13.6. The molecular weight excluding hydrogens is 444 g/mol. The molecule has 3 aromatic rings. The van der Waals surface area contributed by atoms with Gasteiger partial charge in [-0.05, 0) is 55.5 Å². The molecule has 3 aromatic carbocycles. The quantitative estimate of drug-likeness (QED) is 0.511. The van der Waals surface area contributed by atoms with E-state index in [0.717, 1.165) is 9.87 Å². The Morgan fingerprint density at radius 3 is 2.06 bits per heavy atom. The normalized spacial score (nSPS) is 10.9. The van der Waals surface area contributed by atoms with Gasteiger partial charge in [0.1, 0.15) is 12.3 Å². The third kappa shape index (κ3) is 5.56. The Bertz CT molecular complexity index is 1210. The number of nitrogens with zero attached hydrogens (tertiary/aromatic N) is 1. The molecule has 0 saturated carbocycles. The summed E-state index contributed by atoms with van der Waals surface area (Å²) in [4.78, 5) is 12.8. The Kier molecular flexibility index (Phi) is 7.44. The number of aryl methyl sites for hydroxylation is 1. The smallest absolute Gasteiger partial charge is 0.264 e. The van der Waals surface area contributed by atoms with Crippen molar-refractivity contribution in [3.05, 3.63) is 72.3 Å². The van der Waals surface area contributed by atoms with Crippen LogP contribution in [0.2, 0.25) is 0 Å². The fourth-order valence-corrected chi connectivity index (χ4v) is 4.57. The maximum absolute atomic E-state index is 13.6. The molecule has 0 aromatic heterocycles. The zero-order chi connectivity index (χ0) is 24.0. The van der Waals surface area contributed by atoms with Crippen LogP contribution in [-0.4, -0.2) is 42.2 Å². The predicted octanol–water partition coefficient (Wildman–Crippen LogP) is 3.85. The highest BCUT2D eigenvalue weighted by atomic mass is 32.2. The minimum absolute atomic E-state index is 0.0425. The van der Waals surface area contributed by atoms with Gasteiger partial charge in [0.05, 0.1) is 31.9 Å². The Morgan fingerprint density at radius 1 is 0.848 bits per heavy atom. The summed E-state index contributed by atoms with van der Waals surface area (Å²) < 4.78 is 43.9. The second-order valence-electron chi connectivity index (χ2n) is 7.14. The zero-order valence-electron chi connectivity index (χ0n) is 18.9. The van der Waals surface area contributed by atoms with E-state index in [2.05, 4.69) is 5.32 Å². The van der Waals surface area contributed by atoms with Crippen LogP contribution < -0.4 is 23.8 Å². The molecule has 174 valence electrons. The summed E-state index contributed by atoms with van der Waals surface area (Å²) in [6.07, 6.45) is 0. The first-order valence-corrected chi connectivity index (χ1v) is 11.5. The van der Waals surface area contributed by atoms with Gasteiger partial charge in [0.15, 0.2) is 11.5 Å². The fraction of sp³-hybridized carbons (Fsp3) is 0.208. The molecule has 0 spiro atoms. The van der Waals surface area contributed by atoms with Gasteiger partial charge in [-0.15, -0.1) is 0 Å². The highest BCUT2D eigenvalue weighted by Crippen LogP contribution is 2.32. The molecule has 0 bridgehead atoms. The van der Waals surface area contributed by atoms with Crippen molar-refractivity contribution < 1.29 is 27.4 Å². The van der Waals surface area contributed by atoms with Gasteiger partial charge in [0.2, 0.25) is 5.91 Å². The Balaban J connectivity index is 1.98. The molecule has 8 nitrogen and oxygen atoms in total. The Labute approximate surface area is 193 Å². The number of carbonyl (C=O) groups is 1. The number of nitrogens with one attached hydrogen (secondary N) is 1. The lowest BCUT2D eigenvalue weighted by molar-refractivity contribution is -0.114. The molecule has 1 amide bonds. The van der Waals surface area contributed by atoms with E-state index in [0.29, 0.717) is 22.9 Å². The van der Waals surface area contributed by atoms with Gasteiger partial charge >= 0.3 is 0 Å². The fourth-order valence-electron chi connectivity index (χ4n) is 3.14. The number of hydrogen-bond donors (Lipinski definition) is 1. The van der Waals surface area contributed by atoms with Crippen molar-refractivity contribution in [3.8, 4) is 17.2 Å². The first-order valence-electron chi connectivity index (χ1n) is 10.0. The lowest BCUT2D eigenvalue weighted by atomic mass is 10.2. The van der Waals surface area contributed by atoms with Crippen LogP contribution in [0, 0.1) is 6.92 Å². The van der Waals surface area contributed by atoms with Crippen molar-refractivity contribution >= 4 is 27.3 Å². The molecule has 0 saturated heterocycles. The summed E-state index contributed by atoms with van der Waals surface area (Å²) in [6.45, 7) is 1.50. The molecule has 0 aliphatic rings. The average molecular weight is 471 g/mol. The number of benzene rings is 3. The lowest BCUT2D eigenvalue weighted by Gasteiger charge is -2.24. The minimum Gasteiger partial charge on any atom is -0.497 e. The average Bonchev–Trinajstić information content (AvgIpc) is 2.83. The number of amides is 1. The zero-order valence-corrected chi connectivity index (χ0v) is 19.7. The van der Waals surface area contributed by atoms with Gasteiger partial charge in [0, 0.05) is 11.8 Å². The number of ether oxygens (including phenoxy) is 3. The van der Waals surface area contributed by atoms with Crippen LogP contribution in [0.25, 0.3) is 0 Å². The minimum atomic E-state index is -4.13. The number of hydrogen-bond acceptors (Lipinski definition) is 6. The highest BCUT2D eigenvalue weighted by Gasteiger charge is 2.28. The number of methoxy groups -OCH3 is 3. The lowest BCUT2D eigenvalue weighted by Crippen LogP contribution is -2.38. The van der Waals surface area contributed by atoms with Crippen molar-refractivity contribution in [1.82, 2.24) is 0 Å². The molecule has 0 aliphatic heterocycles. The molecule has 0 atom stereocenters. The van der Waals surface area contributed by atoms with Crippen molar-refractivity contribution in [2.75, 3.05) is 37.5 Å². The topological polar surface area (TPSA) is 94.2 Å². The molecule has 9 heteroatoms. The van der Waals surface area contributed by atoms with E-state index in [1.54, 1.807) is 36.4 Å². The van der Waals surface area contributed by atoms with E-state index >= 15 is 0 Å². The molecule has 0 unspecified atom stereocenters. The summed E-state index contributed by atoms with van der Waals surface area (Å²) >= 11 is 0. The standard InChI is InChI=1S/C24H26N2O6S/c1-17-5-7-18(8-6-17)25-24(27)16-26(19-9-11-20(30-2)12-10-19)33(28,29)21-13-14-22(31-3)23(15-21)32-4/h5-15H,16H2,1-4H3,(H,25,27).